The van der Waals surface area contributed by atoms with Crippen molar-refractivity contribution in [2.24, 2.45) is 11.1 Å². The molecule has 0 aliphatic heterocycles. The van der Waals surface area contributed by atoms with Gasteiger partial charge >= 0.3 is 0 Å². The van der Waals surface area contributed by atoms with Gasteiger partial charge in [0, 0.05) is 0 Å². The summed E-state index contributed by atoms with van der Waals surface area (Å²) in [7, 11) is 1.41. The minimum Gasteiger partial charge on any atom is -0.496 e. The van der Waals surface area contributed by atoms with Crippen LogP contribution in [-0.4, -0.2) is 24.0 Å². The van der Waals surface area contributed by atoms with E-state index < -0.39 is 22.3 Å². The van der Waals surface area contributed by atoms with Crippen molar-refractivity contribution in [3.05, 3.63) is 28.3 Å². The molecular formula is C13H19N3O4. The van der Waals surface area contributed by atoms with Crippen LogP contribution < -0.4 is 15.8 Å². The first kappa shape index (κ1) is 15.9. The van der Waals surface area contributed by atoms with Gasteiger partial charge in [-0.25, -0.2) is 0 Å². The zero-order valence-corrected chi connectivity index (χ0v) is 12.0. The van der Waals surface area contributed by atoms with Crippen molar-refractivity contribution in [2.45, 2.75) is 26.8 Å². The van der Waals surface area contributed by atoms with Gasteiger partial charge in [-0.3, -0.25) is 14.9 Å². The molecule has 0 bridgehead atoms. The van der Waals surface area contributed by atoms with Gasteiger partial charge in [0.1, 0.15) is 11.4 Å². The smallest absolute Gasteiger partial charge is 0.296 e. The summed E-state index contributed by atoms with van der Waals surface area (Å²) in [6.07, 6.45) is 0. The third-order valence-electron chi connectivity index (χ3n) is 2.87. The highest BCUT2D eigenvalue weighted by molar-refractivity contribution is 5.97. The molecule has 0 saturated carbocycles. The van der Waals surface area contributed by atoms with Crippen molar-refractivity contribution in [1.29, 1.82) is 0 Å². The number of benzene rings is 1. The number of nitro groups is 1. The average Bonchev–Trinajstić information content (AvgIpc) is 2.36. The fourth-order valence-electron chi connectivity index (χ4n) is 1.50. The molecule has 1 aromatic carbocycles. The van der Waals surface area contributed by atoms with Crippen LogP contribution >= 0.6 is 0 Å². The number of hydrogen-bond donors (Lipinski definition) is 2. The number of methoxy groups -OCH3 is 1. The number of anilines is 1. The van der Waals surface area contributed by atoms with Crippen LogP contribution in [-0.2, 0) is 4.79 Å². The highest BCUT2D eigenvalue weighted by Crippen LogP contribution is 2.29. The molecule has 1 aromatic rings. The summed E-state index contributed by atoms with van der Waals surface area (Å²) in [5, 5.41) is 13.5. The van der Waals surface area contributed by atoms with E-state index in [1.54, 1.807) is 0 Å². The summed E-state index contributed by atoms with van der Waals surface area (Å²) in [6.45, 7) is 5.46. The maximum Gasteiger partial charge on any atom is 0.296 e. The van der Waals surface area contributed by atoms with Crippen molar-refractivity contribution in [3.8, 4) is 5.75 Å². The van der Waals surface area contributed by atoms with E-state index >= 15 is 0 Å². The molecule has 1 rings (SSSR count). The number of rotatable bonds is 4. The lowest BCUT2D eigenvalue weighted by atomic mass is 9.87. The Kier molecular flexibility index (Phi) is 4.67. The molecule has 7 heteroatoms. The van der Waals surface area contributed by atoms with E-state index in [9.17, 15) is 14.9 Å². The highest BCUT2D eigenvalue weighted by Gasteiger charge is 2.29. The normalized spacial score (nSPS) is 12.7. The van der Waals surface area contributed by atoms with Gasteiger partial charge in [-0.2, -0.15) is 0 Å². The van der Waals surface area contributed by atoms with Crippen LogP contribution in [0.4, 0.5) is 11.4 Å². The van der Waals surface area contributed by atoms with Crippen molar-refractivity contribution >= 4 is 17.3 Å². The first-order valence-corrected chi connectivity index (χ1v) is 6.05. The van der Waals surface area contributed by atoms with Gasteiger partial charge in [-0.1, -0.05) is 20.8 Å². The molecule has 1 atom stereocenters. The van der Waals surface area contributed by atoms with Crippen LogP contribution in [0.2, 0.25) is 0 Å². The molecule has 0 aromatic heterocycles. The van der Waals surface area contributed by atoms with Crippen LogP contribution in [0.15, 0.2) is 18.2 Å². The minimum absolute atomic E-state index is 0.0977. The number of amides is 1. The lowest BCUT2D eigenvalue weighted by Crippen LogP contribution is -2.45. The van der Waals surface area contributed by atoms with Crippen molar-refractivity contribution in [3.63, 3.8) is 0 Å². The van der Waals surface area contributed by atoms with Gasteiger partial charge in [0.05, 0.1) is 24.1 Å². The van der Waals surface area contributed by atoms with Crippen LogP contribution in [0.3, 0.4) is 0 Å². The van der Waals surface area contributed by atoms with Crippen molar-refractivity contribution < 1.29 is 14.5 Å². The second-order valence-corrected chi connectivity index (χ2v) is 5.47. The summed E-state index contributed by atoms with van der Waals surface area (Å²) in [6, 6.07) is 3.43. The molecule has 0 radical (unpaired) electrons. The topological polar surface area (TPSA) is 107 Å². The number of hydrogen-bond acceptors (Lipinski definition) is 5. The third kappa shape index (κ3) is 3.67. The average molecular weight is 281 g/mol. The standard InChI is InChI=1S/C13H19N3O4/c1-13(2,3)11(14)12(17)15-9-6-5-8(20-4)7-10(9)16(18)19/h5-7,11H,14H2,1-4H3,(H,15,17)/t11-/m1/s1. The van der Waals surface area contributed by atoms with Gasteiger partial charge in [-0.15, -0.1) is 0 Å². The molecule has 0 unspecified atom stereocenters. The predicted octanol–water partition coefficient (Wildman–Crippen LogP) is 1.92. The predicted molar refractivity (Wildman–Crippen MR) is 75.7 cm³/mol. The highest BCUT2D eigenvalue weighted by atomic mass is 16.6. The Bertz CT molecular complexity index is 523. The van der Waals surface area contributed by atoms with E-state index in [-0.39, 0.29) is 11.4 Å². The van der Waals surface area contributed by atoms with Crippen LogP contribution in [0.5, 0.6) is 5.75 Å². The number of nitrogens with one attached hydrogen (secondary N) is 1. The van der Waals surface area contributed by atoms with E-state index in [1.807, 2.05) is 20.8 Å². The first-order valence-electron chi connectivity index (χ1n) is 6.05. The van der Waals surface area contributed by atoms with E-state index in [2.05, 4.69) is 5.32 Å². The molecule has 110 valence electrons. The Morgan fingerprint density at radius 1 is 1.45 bits per heavy atom. The van der Waals surface area contributed by atoms with Crippen LogP contribution in [0.1, 0.15) is 20.8 Å². The Balaban J connectivity index is 3.03. The number of nitro benzene ring substituents is 1. The van der Waals surface area contributed by atoms with Gasteiger partial charge < -0.3 is 15.8 Å². The first-order chi connectivity index (χ1) is 9.16. The summed E-state index contributed by atoms with van der Waals surface area (Å²) < 4.78 is 4.92. The minimum atomic E-state index is -0.774. The Hall–Kier alpha value is -2.15. The molecule has 0 heterocycles. The maximum atomic E-state index is 12.0. The fourth-order valence-corrected chi connectivity index (χ4v) is 1.50. The van der Waals surface area contributed by atoms with Gasteiger partial charge in [0.2, 0.25) is 5.91 Å². The van der Waals surface area contributed by atoms with Crippen LogP contribution in [0, 0.1) is 15.5 Å². The van der Waals surface area contributed by atoms with Gasteiger partial charge in [0.15, 0.2) is 0 Å². The largest absolute Gasteiger partial charge is 0.496 e. The van der Waals surface area contributed by atoms with Gasteiger partial charge in [0.25, 0.3) is 5.69 Å². The lowest BCUT2D eigenvalue weighted by molar-refractivity contribution is -0.384. The van der Waals surface area contributed by atoms with Crippen LogP contribution in [0.25, 0.3) is 0 Å². The SMILES string of the molecule is COc1ccc(NC(=O)[C@@H](N)C(C)(C)C)c([N+](=O)[O-])c1. The van der Waals surface area contributed by atoms with Crippen molar-refractivity contribution in [1.82, 2.24) is 0 Å². The van der Waals surface area contributed by atoms with Gasteiger partial charge in [-0.05, 0) is 17.5 Å². The number of carbonyl (C=O) groups is 1. The summed E-state index contributed by atoms with van der Waals surface area (Å²) in [5.74, 6) is -0.124. The molecule has 0 spiro atoms. The fraction of sp³-hybridized carbons (Fsp3) is 0.462. The zero-order chi connectivity index (χ0) is 15.5. The molecule has 0 fully saturated rings. The quantitative estimate of drug-likeness (QED) is 0.647. The number of ether oxygens (including phenoxy) is 1. The zero-order valence-electron chi connectivity index (χ0n) is 12.0. The molecule has 3 N–H and O–H groups in total. The van der Waals surface area contributed by atoms with Crippen molar-refractivity contribution in [2.75, 3.05) is 12.4 Å². The molecule has 7 nitrogen and oxygen atoms in total. The number of nitrogens with zero attached hydrogens (tertiary/aromatic N) is 1. The summed E-state index contributed by atoms with van der Waals surface area (Å²) in [5.41, 5.74) is 5.24. The van der Waals surface area contributed by atoms with E-state index in [0.717, 1.165) is 0 Å². The molecular weight excluding hydrogens is 262 g/mol. The molecule has 1 amide bonds. The molecule has 0 saturated heterocycles. The second-order valence-electron chi connectivity index (χ2n) is 5.47. The Morgan fingerprint density at radius 2 is 2.05 bits per heavy atom. The summed E-state index contributed by atoms with van der Waals surface area (Å²) in [4.78, 5) is 22.4. The maximum absolute atomic E-state index is 12.0. The summed E-state index contributed by atoms with van der Waals surface area (Å²) >= 11 is 0. The second kappa shape index (κ2) is 5.87. The van der Waals surface area contributed by atoms with E-state index in [0.29, 0.717) is 5.75 Å². The molecule has 20 heavy (non-hydrogen) atoms. The number of nitrogens with two attached hydrogens (primary N) is 1. The van der Waals surface area contributed by atoms with E-state index in [1.165, 1.54) is 25.3 Å². The van der Waals surface area contributed by atoms with E-state index in [4.69, 9.17) is 10.5 Å². The molecule has 0 aliphatic carbocycles. The monoisotopic (exact) mass is 281 g/mol. The lowest BCUT2D eigenvalue weighted by Gasteiger charge is -2.25. The Morgan fingerprint density at radius 3 is 2.50 bits per heavy atom. The number of carbonyl (C=O) groups excluding carboxylic acids is 1. The molecule has 0 aliphatic rings. The Labute approximate surface area is 117 Å². The third-order valence-corrected chi connectivity index (χ3v) is 2.87.